The molecule has 0 aliphatic rings. The average Bonchev–Trinajstić information content (AvgIpc) is 2.18. The molecule has 0 spiro atoms. The van der Waals surface area contributed by atoms with Gasteiger partial charge in [0.05, 0.1) is 5.69 Å². The number of hydrogen-bond donors (Lipinski definition) is 0. The van der Waals surface area contributed by atoms with Crippen LogP contribution < -0.4 is 5.59 Å². The Balaban J connectivity index is 2.52. The van der Waals surface area contributed by atoms with Gasteiger partial charge in [-0.1, -0.05) is 30.3 Å². The lowest BCUT2D eigenvalue weighted by molar-refractivity contribution is 1.08. The van der Waals surface area contributed by atoms with E-state index in [0.29, 0.717) is 11.4 Å². The van der Waals surface area contributed by atoms with Crippen molar-refractivity contribution in [2.75, 3.05) is 0 Å². The van der Waals surface area contributed by atoms with E-state index in [1.165, 1.54) is 0 Å². The summed E-state index contributed by atoms with van der Waals surface area (Å²) in [5, 5.41) is 0. The van der Waals surface area contributed by atoms with Gasteiger partial charge in [-0.15, -0.1) is 0 Å². The van der Waals surface area contributed by atoms with Crippen molar-refractivity contribution in [2.24, 2.45) is 0 Å². The van der Waals surface area contributed by atoms with Crippen LogP contribution in [0.5, 0.6) is 0 Å². The van der Waals surface area contributed by atoms with Crippen LogP contribution in [0.3, 0.4) is 0 Å². The normalized spacial score (nSPS) is 10.1. The van der Waals surface area contributed by atoms with Crippen LogP contribution in [0, 0.1) is 6.92 Å². The summed E-state index contributed by atoms with van der Waals surface area (Å²) in [7, 11) is 5.65. The molecule has 1 heterocycles. The molecule has 2 radical (unpaired) electrons. The van der Waals surface area contributed by atoms with Crippen molar-refractivity contribution in [3.63, 3.8) is 0 Å². The van der Waals surface area contributed by atoms with Crippen molar-refractivity contribution in [3.8, 4) is 11.3 Å². The second-order valence-electron chi connectivity index (χ2n) is 3.09. The van der Waals surface area contributed by atoms with E-state index in [0.717, 1.165) is 11.3 Å². The molecule has 0 atom stereocenters. The van der Waals surface area contributed by atoms with Gasteiger partial charge in [-0.3, -0.25) is 0 Å². The maximum atomic E-state index is 5.65. The molecule has 66 valence electrons. The molecular weight excluding hydrogens is 171 g/mol. The number of aryl methyl sites for hydroxylation is 1. The minimum absolute atomic E-state index is 0.511. The van der Waals surface area contributed by atoms with Gasteiger partial charge in [0.1, 0.15) is 13.7 Å². The lowest BCUT2D eigenvalue weighted by Gasteiger charge is -2.02. The average molecular weight is 180 g/mol. The molecule has 2 aromatic rings. The predicted molar refractivity (Wildman–Crippen MR) is 57.6 cm³/mol. The van der Waals surface area contributed by atoms with Gasteiger partial charge in [0.2, 0.25) is 0 Å². The molecule has 0 N–H and O–H groups in total. The van der Waals surface area contributed by atoms with E-state index in [9.17, 15) is 0 Å². The Labute approximate surface area is 84.4 Å². The smallest absolute Gasteiger partial charge is 0.141 e. The first-order valence-electron chi connectivity index (χ1n) is 4.42. The molecule has 0 amide bonds. The summed E-state index contributed by atoms with van der Waals surface area (Å²) in [5.74, 6) is 0.698. The number of benzene rings is 1. The highest BCUT2D eigenvalue weighted by atomic mass is 14.9. The third-order valence-corrected chi connectivity index (χ3v) is 1.93. The fourth-order valence-electron chi connectivity index (χ4n) is 1.35. The molecular formula is C11H9BN2. The van der Waals surface area contributed by atoms with Crippen LogP contribution in [-0.2, 0) is 0 Å². The van der Waals surface area contributed by atoms with Gasteiger partial charge in [0.25, 0.3) is 0 Å². The van der Waals surface area contributed by atoms with Crippen molar-refractivity contribution in [3.05, 3.63) is 42.2 Å². The molecule has 14 heavy (non-hydrogen) atoms. The van der Waals surface area contributed by atoms with Crippen LogP contribution >= 0.6 is 0 Å². The standard InChI is InChI=1S/C11H9BN2/c1-8-13-10(7-11(12)14-8)9-5-3-2-4-6-9/h2-7H,1H3. The van der Waals surface area contributed by atoms with Gasteiger partial charge < -0.3 is 0 Å². The molecule has 3 heteroatoms. The molecule has 0 saturated heterocycles. The van der Waals surface area contributed by atoms with E-state index in [2.05, 4.69) is 9.97 Å². The zero-order valence-electron chi connectivity index (χ0n) is 7.94. The van der Waals surface area contributed by atoms with Crippen molar-refractivity contribution < 1.29 is 0 Å². The van der Waals surface area contributed by atoms with Crippen molar-refractivity contribution in [1.29, 1.82) is 0 Å². The van der Waals surface area contributed by atoms with Gasteiger partial charge in [-0.05, 0) is 18.6 Å². The molecule has 2 nitrogen and oxygen atoms in total. The number of aromatic nitrogens is 2. The SMILES string of the molecule is [B]c1cc(-c2ccccc2)nc(C)n1. The van der Waals surface area contributed by atoms with Crippen LogP contribution in [0.4, 0.5) is 0 Å². The summed E-state index contributed by atoms with van der Waals surface area (Å²) in [5.41, 5.74) is 2.44. The quantitative estimate of drug-likeness (QED) is 0.617. The first kappa shape index (κ1) is 8.94. The monoisotopic (exact) mass is 180 g/mol. The van der Waals surface area contributed by atoms with Crippen LogP contribution in [0.1, 0.15) is 5.82 Å². The highest BCUT2D eigenvalue weighted by molar-refractivity contribution is 6.30. The van der Waals surface area contributed by atoms with E-state index in [4.69, 9.17) is 7.85 Å². The molecule has 2 rings (SSSR count). The van der Waals surface area contributed by atoms with Gasteiger partial charge in [-0.2, -0.15) is 0 Å². The molecule has 1 aromatic carbocycles. The lowest BCUT2D eigenvalue weighted by atomic mass is 10.0. The lowest BCUT2D eigenvalue weighted by Crippen LogP contribution is -2.11. The van der Waals surface area contributed by atoms with E-state index < -0.39 is 0 Å². The number of rotatable bonds is 1. The highest BCUT2D eigenvalue weighted by Crippen LogP contribution is 2.14. The Kier molecular flexibility index (Phi) is 2.31. The predicted octanol–water partition coefficient (Wildman–Crippen LogP) is 1.25. The number of nitrogens with zero attached hydrogens (tertiary/aromatic N) is 2. The summed E-state index contributed by atoms with van der Waals surface area (Å²) in [4.78, 5) is 8.34. The molecule has 0 aliphatic carbocycles. The van der Waals surface area contributed by atoms with Crippen LogP contribution in [0.25, 0.3) is 11.3 Å². The van der Waals surface area contributed by atoms with Gasteiger partial charge in [0, 0.05) is 5.56 Å². The molecule has 0 saturated carbocycles. The zero-order chi connectivity index (χ0) is 9.97. The Morgan fingerprint density at radius 2 is 1.79 bits per heavy atom. The van der Waals surface area contributed by atoms with Crippen molar-refractivity contribution in [1.82, 2.24) is 9.97 Å². The second-order valence-corrected chi connectivity index (χ2v) is 3.09. The van der Waals surface area contributed by atoms with Crippen molar-refractivity contribution >= 4 is 13.4 Å². The Bertz CT molecular complexity index is 420. The highest BCUT2D eigenvalue weighted by Gasteiger charge is 2.00. The minimum Gasteiger partial charge on any atom is -0.250 e. The summed E-state index contributed by atoms with van der Waals surface area (Å²) in [6.45, 7) is 1.84. The topological polar surface area (TPSA) is 25.8 Å². The summed E-state index contributed by atoms with van der Waals surface area (Å²) >= 11 is 0. The van der Waals surface area contributed by atoms with E-state index in [1.54, 1.807) is 6.07 Å². The Morgan fingerprint density at radius 1 is 1.07 bits per heavy atom. The van der Waals surface area contributed by atoms with Crippen LogP contribution in [0.15, 0.2) is 36.4 Å². The molecule has 0 aliphatic heterocycles. The zero-order valence-corrected chi connectivity index (χ0v) is 7.94. The molecule has 1 aromatic heterocycles. The third-order valence-electron chi connectivity index (χ3n) is 1.93. The van der Waals surface area contributed by atoms with Crippen LogP contribution in [0.2, 0.25) is 0 Å². The summed E-state index contributed by atoms with van der Waals surface area (Å²) in [6.07, 6.45) is 0. The fraction of sp³-hybridized carbons (Fsp3) is 0.0909. The van der Waals surface area contributed by atoms with E-state index in [-0.39, 0.29) is 0 Å². The van der Waals surface area contributed by atoms with E-state index in [1.807, 2.05) is 37.3 Å². The Morgan fingerprint density at radius 3 is 2.43 bits per heavy atom. The van der Waals surface area contributed by atoms with Gasteiger partial charge >= 0.3 is 0 Å². The van der Waals surface area contributed by atoms with Gasteiger partial charge in [0.15, 0.2) is 0 Å². The van der Waals surface area contributed by atoms with Crippen LogP contribution in [-0.4, -0.2) is 17.8 Å². The first-order chi connectivity index (χ1) is 6.75. The molecule has 0 fully saturated rings. The largest absolute Gasteiger partial charge is 0.250 e. The first-order valence-corrected chi connectivity index (χ1v) is 4.42. The van der Waals surface area contributed by atoms with Gasteiger partial charge in [-0.25, -0.2) is 9.97 Å². The summed E-state index contributed by atoms with van der Waals surface area (Å²) < 4.78 is 0. The number of hydrogen-bond acceptors (Lipinski definition) is 2. The molecule has 0 bridgehead atoms. The maximum Gasteiger partial charge on any atom is 0.141 e. The fourth-order valence-corrected chi connectivity index (χ4v) is 1.35. The van der Waals surface area contributed by atoms with Crippen molar-refractivity contribution in [2.45, 2.75) is 6.92 Å². The molecule has 0 unspecified atom stereocenters. The minimum atomic E-state index is 0.511. The summed E-state index contributed by atoms with van der Waals surface area (Å²) in [6, 6.07) is 11.7. The third kappa shape index (κ3) is 1.82. The second kappa shape index (κ2) is 3.62. The maximum absolute atomic E-state index is 5.65. The Hall–Kier alpha value is -1.64. The van der Waals surface area contributed by atoms with E-state index >= 15 is 0 Å².